The molecule has 1 aliphatic rings. The van der Waals surface area contributed by atoms with Gasteiger partial charge in [-0.3, -0.25) is 4.79 Å². The van der Waals surface area contributed by atoms with E-state index in [4.69, 9.17) is 5.73 Å². The number of nitrogens with zero attached hydrogens (tertiary/aromatic N) is 1. The predicted molar refractivity (Wildman–Crippen MR) is 80.9 cm³/mol. The molecule has 0 aromatic rings. The molecule has 2 unspecified atom stereocenters. The van der Waals surface area contributed by atoms with Crippen LogP contribution in [0.2, 0.25) is 0 Å². The lowest BCUT2D eigenvalue weighted by molar-refractivity contribution is -0.136. The van der Waals surface area contributed by atoms with Crippen LogP contribution in [-0.2, 0) is 4.79 Å². The van der Waals surface area contributed by atoms with Crippen LogP contribution in [0.25, 0.3) is 0 Å². The van der Waals surface area contributed by atoms with Crippen molar-refractivity contribution in [3.8, 4) is 0 Å². The van der Waals surface area contributed by atoms with E-state index in [1.165, 1.54) is 25.7 Å². The van der Waals surface area contributed by atoms with Gasteiger partial charge in [0.2, 0.25) is 5.91 Å². The number of hydrogen-bond donors (Lipinski definition) is 1. The average Bonchev–Trinajstić information content (AvgIpc) is 2.37. The van der Waals surface area contributed by atoms with Gasteiger partial charge in [0.05, 0.1) is 0 Å². The summed E-state index contributed by atoms with van der Waals surface area (Å²) in [6.45, 7) is 6.40. The molecule has 0 spiro atoms. The number of carbonyl (C=O) groups excluding carboxylic acids is 1. The van der Waals surface area contributed by atoms with Crippen molar-refractivity contribution in [1.29, 1.82) is 0 Å². The van der Waals surface area contributed by atoms with Gasteiger partial charge in [0.25, 0.3) is 0 Å². The lowest BCUT2D eigenvalue weighted by Gasteiger charge is -2.35. The molecule has 1 rings (SSSR count). The van der Waals surface area contributed by atoms with Gasteiger partial charge in [0.1, 0.15) is 0 Å². The molecule has 2 atom stereocenters. The van der Waals surface area contributed by atoms with E-state index in [-0.39, 0.29) is 12.0 Å². The Bertz CT molecular complexity index is 270. The Hall–Kier alpha value is -0.570. The van der Waals surface area contributed by atoms with E-state index < -0.39 is 0 Å². The Morgan fingerprint density at radius 1 is 1.21 bits per heavy atom. The van der Waals surface area contributed by atoms with Crippen molar-refractivity contribution in [3.63, 3.8) is 0 Å². The molecule has 1 aliphatic carbocycles. The van der Waals surface area contributed by atoms with Gasteiger partial charge in [-0.15, -0.1) is 0 Å². The number of carbonyl (C=O) groups is 1. The van der Waals surface area contributed by atoms with Crippen LogP contribution >= 0.6 is 0 Å². The third kappa shape index (κ3) is 5.52. The normalized spacial score (nSPS) is 26.8. The van der Waals surface area contributed by atoms with E-state index >= 15 is 0 Å². The summed E-state index contributed by atoms with van der Waals surface area (Å²) in [5.74, 6) is 1.30. The highest BCUT2D eigenvalue weighted by molar-refractivity contribution is 5.78. The van der Waals surface area contributed by atoms with Crippen LogP contribution in [0.15, 0.2) is 0 Å². The van der Waals surface area contributed by atoms with Gasteiger partial charge in [-0.2, -0.15) is 0 Å². The first-order chi connectivity index (χ1) is 8.91. The predicted octanol–water partition coefficient (Wildman–Crippen LogP) is 3.18. The van der Waals surface area contributed by atoms with Crippen molar-refractivity contribution in [3.05, 3.63) is 0 Å². The van der Waals surface area contributed by atoms with Gasteiger partial charge in [-0.05, 0) is 51.4 Å². The second-order valence-electron chi connectivity index (χ2n) is 6.67. The van der Waals surface area contributed by atoms with Gasteiger partial charge < -0.3 is 10.6 Å². The summed E-state index contributed by atoms with van der Waals surface area (Å²) in [5.41, 5.74) is 5.75. The number of amides is 1. The van der Waals surface area contributed by atoms with Gasteiger partial charge in [-0.1, -0.05) is 20.3 Å². The Kier molecular flexibility index (Phi) is 6.84. The SMILES string of the molecule is CC(N)CCCC(C)C(=O)N(C)C1CCC(C)CC1. The maximum Gasteiger partial charge on any atom is 0.225 e. The molecule has 0 radical (unpaired) electrons. The van der Waals surface area contributed by atoms with E-state index in [9.17, 15) is 4.79 Å². The van der Waals surface area contributed by atoms with E-state index in [2.05, 4.69) is 13.8 Å². The summed E-state index contributed by atoms with van der Waals surface area (Å²) in [6, 6.07) is 0.722. The lowest BCUT2D eigenvalue weighted by atomic mass is 9.86. The molecular formula is C16H32N2O. The minimum Gasteiger partial charge on any atom is -0.343 e. The molecule has 3 heteroatoms. The first kappa shape index (κ1) is 16.5. The highest BCUT2D eigenvalue weighted by Crippen LogP contribution is 2.27. The summed E-state index contributed by atoms with van der Waals surface area (Å²) in [7, 11) is 1.99. The Balaban J connectivity index is 2.34. The van der Waals surface area contributed by atoms with Crippen molar-refractivity contribution in [2.75, 3.05) is 7.05 Å². The second kappa shape index (κ2) is 7.88. The molecule has 2 N–H and O–H groups in total. The zero-order valence-corrected chi connectivity index (χ0v) is 13.2. The fraction of sp³-hybridized carbons (Fsp3) is 0.938. The minimum atomic E-state index is 0.142. The van der Waals surface area contributed by atoms with E-state index in [1.807, 2.05) is 18.9 Å². The lowest BCUT2D eigenvalue weighted by Crippen LogP contribution is -2.41. The number of rotatable bonds is 6. The molecule has 0 aliphatic heterocycles. The Morgan fingerprint density at radius 2 is 1.79 bits per heavy atom. The van der Waals surface area contributed by atoms with Crippen LogP contribution in [0.1, 0.15) is 65.7 Å². The van der Waals surface area contributed by atoms with E-state index in [0.717, 1.165) is 25.2 Å². The van der Waals surface area contributed by atoms with Crippen molar-refractivity contribution < 1.29 is 4.79 Å². The van der Waals surface area contributed by atoms with Crippen LogP contribution in [0, 0.1) is 11.8 Å². The van der Waals surface area contributed by atoms with Crippen molar-refractivity contribution in [1.82, 2.24) is 4.90 Å². The number of hydrogen-bond acceptors (Lipinski definition) is 2. The third-order valence-electron chi connectivity index (χ3n) is 4.60. The zero-order chi connectivity index (χ0) is 14.4. The standard InChI is InChI=1S/C16H32N2O/c1-12-8-10-15(11-9-12)18(4)16(19)13(2)6-5-7-14(3)17/h12-15H,5-11,17H2,1-4H3. The fourth-order valence-electron chi connectivity index (χ4n) is 3.03. The monoisotopic (exact) mass is 268 g/mol. The quantitative estimate of drug-likeness (QED) is 0.804. The first-order valence-electron chi connectivity index (χ1n) is 7.94. The molecule has 19 heavy (non-hydrogen) atoms. The molecule has 0 heterocycles. The van der Waals surface area contributed by atoms with E-state index in [1.54, 1.807) is 0 Å². The molecule has 1 amide bonds. The molecule has 1 saturated carbocycles. The van der Waals surface area contributed by atoms with Crippen LogP contribution in [-0.4, -0.2) is 29.9 Å². The topological polar surface area (TPSA) is 46.3 Å². The summed E-state index contributed by atoms with van der Waals surface area (Å²) in [5, 5.41) is 0. The van der Waals surface area contributed by atoms with Crippen LogP contribution in [0.5, 0.6) is 0 Å². The summed E-state index contributed by atoms with van der Waals surface area (Å²) < 4.78 is 0. The smallest absolute Gasteiger partial charge is 0.225 e. The average molecular weight is 268 g/mol. The maximum absolute atomic E-state index is 12.4. The Morgan fingerprint density at radius 3 is 2.32 bits per heavy atom. The van der Waals surface area contributed by atoms with Crippen molar-refractivity contribution in [2.24, 2.45) is 17.6 Å². The van der Waals surface area contributed by atoms with Crippen LogP contribution < -0.4 is 5.73 Å². The van der Waals surface area contributed by atoms with Gasteiger partial charge in [-0.25, -0.2) is 0 Å². The molecule has 3 nitrogen and oxygen atoms in total. The molecule has 1 fully saturated rings. The molecule has 112 valence electrons. The summed E-state index contributed by atoms with van der Waals surface area (Å²) in [4.78, 5) is 14.4. The molecule has 0 bridgehead atoms. The summed E-state index contributed by atoms with van der Waals surface area (Å²) >= 11 is 0. The van der Waals surface area contributed by atoms with Crippen LogP contribution in [0.4, 0.5) is 0 Å². The molecule has 0 aromatic heterocycles. The highest BCUT2D eigenvalue weighted by atomic mass is 16.2. The molecule has 0 saturated heterocycles. The first-order valence-corrected chi connectivity index (χ1v) is 7.94. The third-order valence-corrected chi connectivity index (χ3v) is 4.60. The summed E-state index contributed by atoms with van der Waals surface area (Å²) in [6.07, 6.45) is 7.92. The van der Waals surface area contributed by atoms with Gasteiger partial charge in [0, 0.05) is 25.0 Å². The second-order valence-corrected chi connectivity index (χ2v) is 6.67. The largest absolute Gasteiger partial charge is 0.343 e. The van der Waals surface area contributed by atoms with E-state index in [0.29, 0.717) is 11.9 Å². The Labute approximate surface area is 118 Å². The zero-order valence-electron chi connectivity index (χ0n) is 13.2. The highest BCUT2D eigenvalue weighted by Gasteiger charge is 2.27. The maximum atomic E-state index is 12.4. The number of nitrogens with two attached hydrogens (primary N) is 1. The minimum absolute atomic E-state index is 0.142. The van der Waals surface area contributed by atoms with Crippen molar-refractivity contribution in [2.45, 2.75) is 77.8 Å². The van der Waals surface area contributed by atoms with Gasteiger partial charge >= 0.3 is 0 Å². The fourth-order valence-corrected chi connectivity index (χ4v) is 3.03. The molecule has 0 aromatic carbocycles. The van der Waals surface area contributed by atoms with Gasteiger partial charge in [0.15, 0.2) is 0 Å². The van der Waals surface area contributed by atoms with Crippen molar-refractivity contribution >= 4 is 5.91 Å². The van der Waals surface area contributed by atoms with Crippen LogP contribution in [0.3, 0.4) is 0 Å². The molecular weight excluding hydrogens is 236 g/mol.